The SMILES string of the molecule is CC(=O)c1c(C)ccc2nc(Cn3nc(C(C)(F)F)cc3Cl)cc(=O)n12. The molecule has 3 aromatic rings. The van der Waals surface area contributed by atoms with Crippen LogP contribution < -0.4 is 5.56 Å². The topological polar surface area (TPSA) is 69.3 Å². The molecule has 0 aliphatic carbocycles. The van der Waals surface area contributed by atoms with Crippen molar-refractivity contribution in [1.82, 2.24) is 19.2 Å². The molecule has 0 bridgehead atoms. The lowest BCUT2D eigenvalue weighted by atomic mass is 10.1. The molecule has 26 heavy (non-hydrogen) atoms. The molecule has 0 fully saturated rings. The van der Waals surface area contributed by atoms with Crippen molar-refractivity contribution >= 4 is 23.0 Å². The van der Waals surface area contributed by atoms with E-state index in [1.54, 1.807) is 19.1 Å². The highest BCUT2D eigenvalue weighted by Crippen LogP contribution is 2.28. The van der Waals surface area contributed by atoms with Crippen molar-refractivity contribution in [2.45, 2.75) is 33.2 Å². The highest BCUT2D eigenvalue weighted by Gasteiger charge is 2.29. The number of Topliss-reactive ketones (excluding diaryl/α,β-unsaturated/α-hetero) is 1. The van der Waals surface area contributed by atoms with Crippen LogP contribution in [0, 0.1) is 6.92 Å². The first-order chi connectivity index (χ1) is 12.1. The lowest BCUT2D eigenvalue weighted by molar-refractivity contribution is 0.0121. The number of pyridine rings is 1. The Bertz CT molecular complexity index is 1080. The van der Waals surface area contributed by atoms with Gasteiger partial charge in [-0.05, 0) is 18.6 Å². The van der Waals surface area contributed by atoms with Gasteiger partial charge in [0.2, 0.25) is 0 Å². The zero-order chi connectivity index (χ0) is 19.2. The van der Waals surface area contributed by atoms with Gasteiger partial charge in [0.25, 0.3) is 11.5 Å². The number of hydrogen-bond donors (Lipinski definition) is 0. The van der Waals surface area contributed by atoms with Crippen molar-refractivity contribution < 1.29 is 13.6 Å². The van der Waals surface area contributed by atoms with E-state index in [-0.39, 0.29) is 28.8 Å². The van der Waals surface area contributed by atoms with Gasteiger partial charge >= 0.3 is 0 Å². The molecule has 0 aromatic carbocycles. The Kier molecular flexibility index (Phi) is 4.39. The van der Waals surface area contributed by atoms with Gasteiger partial charge in [-0.1, -0.05) is 17.7 Å². The van der Waals surface area contributed by atoms with Crippen LogP contribution in [0.5, 0.6) is 0 Å². The maximum absolute atomic E-state index is 13.4. The highest BCUT2D eigenvalue weighted by molar-refractivity contribution is 6.29. The average molecular weight is 381 g/mol. The van der Waals surface area contributed by atoms with E-state index in [9.17, 15) is 18.4 Å². The van der Waals surface area contributed by atoms with Gasteiger partial charge in [-0.25, -0.2) is 9.67 Å². The summed E-state index contributed by atoms with van der Waals surface area (Å²) in [5.41, 5.74) is 0.595. The Morgan fingerprint density at radius 1 is 1.31 bits per heavy atom. The van der Waals surface area contributed by atoms with Crippen molar-refractivity contribution in [2.24, 2.45) is 0 Å². The van der Waals surface area contributed by atoms with E-state index in [2.05, 4.69) is 10.1 Å². The summed E-state index contributed by atoms with van der Waals surface area (Å²) in [4.78, 5) is 28.7. The van der Waals surface area contributed by atoms with Crippen molar-refractivity contribution in [3.8, 4) is 0 Å². The standard InChI is InChI=1S/C17H15ClF2N4O2/c1-9-4-5-14-21-11(6-15(26)24(14)16(9)10(2)25)8-23-13(18)7-12(22-23)17(3,19)20/h4-7H,8H2,1-3H3. The van der Waals surface area contributed by atoms with E-state index in [1.807, 2.05) is 0 Å². The Morgan fingerprint density at radius 2 is 2.00 bits per heavy atom. The average Bonchev–Trinajstić information content (AvgIpc) is 2.88. The molecule has 0 saturated carbocycles. The van der Waals surface area contributed by atoms with Crippen molar-refractivity contribution in [2.75, 3.05) is 0 Å². The second-order valence-corrected chi connectivity index (χ2v) is 6.49. The first-order valence-electron chi connectivity index (χ1n) is 7.73. The van der Waals surface area contributed by atoms with E-state index < -0.39 is 17.2 Å². The molecule has 0 amide bonds. The van der Waals surface area contributed by atoms with E-state index in [1.165, 1.54) is 17.4 Å². The van der Waals surface area contributed by atoms with Gasteiger partial charge in [-0.15, -0.1) is 0 Å². The summed E-state index contributed by atoms with van der Waals surface area (Å²) in [6.45, 7) is 3.77. The summed E-state index contributed by atoms with van der Waals surface area (Å²) in [6.07, 6.45) is 0. The maximum Gasteiger partial charge on any atom is 0.288 e. The van der Waals surface area contributed by atoms with Gasteiger partial charge in [0, 0.05) is 26.0 Å². The van der Waals surface area contributed by atoms with Crippen LogP contribution >= 0.6 is 11.6 Å². The van der Waals surface area contributed by atoms with Gasteiger partial charge in [0.05, 0.1) is 17.9 Å². The molecule has 0 unspecified atom stereocenters. The van der Waals surface area contributed by atoms with Crippen LogP contribution in [-0.2, 0) is 12.5 Å². The molecule has 3 heterocycles. The Morgan fingerprint density at radius 3 is 2.58 bits per heavy atom. The number of nitrogens with zero attached hydrogens (tertiary/aromatic N) is 4. The van der Waals surface area contributed by atoms with Crippen LogP contribution in [0.25, 0.3) is 5.65 Å². The second kappa shape index (κ2) is 6.28. The van der Waals surface area contributed by atoms with E-state index >= 15 is 0 Å². The number of rotatable bonds is 4. The molecule has 136 valence electrons. The summed E-state index contributed by atoms with van der Waals surface area (Å²) < 4.78 is 29.1. The van der Waals surface area contributed by atoms with Crippen LogP contribution in [0.1, 0.15) is 41.3 Å². The first-order valence-corrected chi connectivity index (χ1v) is 8.10. The second-order valence-electron chi connectivity index (χ2n) is 6.10. The lowest BCUT2D eigenvalue weighted by Gasteiger charge is -2.10. The van der Waals surface area contributed by atoms with Gasteiger partial charge in [-0.2, -0.15) is 13.9 Å². The number of aryl methyl sites for hydroxylation is 1. The fraction of sp³-hybridized carbons (Fsp3) is 0.294. The molecular weight excluding hydrogens is 366 g/mol. The predicted octanol–water partition coefficient (Wildman–Crippen LogP) is 3.22. The molecule has 9 heteroatoms. The minimum atomic E-state index is -3.13. The van der Waals surface area contributed by atoms with Gasteiger partial charge in [0.15, 0.2) is 5.78 Å². The zero-order valence-electron chi connectivity index (χ0n) is 14.3. The maximum atomic E-state index is 13.4. The predicted molar refractivity (Wildman–Crippen MR) is 92.1 cm³/mol. The summed E-state index contributed by atoms with van der Waals surface area (Å²) in [7, 11) is 0. The van der Waals surface area contributed by atoms with Crippen LogP contribution in [0.2, 0.25) is 5.15 Å². The van der Waals surface area contributed by atoms with Crippen LogP contribution in [0.4, 0.5) is 8.78 Å². The molecule has 0 atom stereocenters. The van der Waals surface area contributed by atoms with Crippen LogP contribution in [-0.4, -0.2) is 24.9 Å². The number of alkyl halides is 2. The van der Waals surface area contributed by atoms with E-state index in [0.29, 0.717) is 11.3 Å². The molecular formula is C17H15ClF2N4O2. The largest absolute Gasteiger partial charge is 0.293 e. The van der Waals surface area contributed by atoms with E-state index in [4.69, 9.17) is 11.6 Å². The smallest absolute Gasteiger partial charge is 0.288 e. The number of aromatic nitrogens is 4. The van der Waals surface area contributed by atoms with Crippen LogP contribution in [0.15, 0.2) is 29.1 Å². The number of carbonyl (C=O) groups excluding carboxylic acids is 1. The molecule has 0 radical (unpaired) electrons. The zero-order valence-corrected chi connectivity index (χ0v) is 15.0. The van der Waals surface area contributed by atoms with Crippen molar-refractivity contribution in [3.63, 3.8) is 0 Å². The molecule has 0 aliphatic heterocycles. The molecule has 0 aliphatic rings. The number of hydrogen-bond acceptors (Lipinski definition) is 4. The third-order valence-electron chi connectivity index (χ3n) is 3.90. The fourth-order valence-corrected chi connectivity index (χ4v) is 2.93. The third kappa shape index (κ3) is 3.24. The monoisotopic (exact) mass is 380 g/mol. The van der Waals surface area contributed by atoms with Crippen molar-refractivity contribution in [1.29, 1.82) is 0 Å². The first kappa shape index (κ1) is 18.2. The summed E-state index contributed by atoms with van der Waals surface area (Å²) >= 11 is 5.96. The lowest BCUT2D eigenvalue weighted by Crippen LogP contribution is -2.22. The fourth-order valence-electron chi connectivity index (χ4n) is 2.73. The van der Waals surface area contributed by atoms with E-state index in [0.717, 1.165) is 17.7 Å². The Balaban J connectivity index is 2.09. The number of carbonyl (C=O) groups is 1. The van der Waals surface area contributed by atoms with Crippen LogP contribution in [0.3, 0.4) is 0 Å². The molecule has 0 saturated heterocycles. The Hall–Kier alpha value is -2.61. The minimum Gasteiger partial charge on any atom is -0.293 e. The summed E-state index contributed by atoms with van der Waals surface area (Å²) in [6, 6.07) is 5.62. The van der Waals surface area contributed by atoms with Crippen molar-refractivity contribution in [3.05, 3.63) is 62.4 Å². The number of halogens is 3. The normalized spacial score (nSPS) is 11.9. The minimum absolute atomic E-state index is 0.0110. The van der Waals surface area contributed by atoms with Gasteiger partial charge in [-0.3, -0.25) is 14.0 Å². The van der Waals surface area contributed by atoms with Gasteiger partial charge in [0.1, 0.15) is 16.5 Å². The van der Waals surface area contributed by atoms with Gasteiger partial charge < -0.3 is 0 Å². The summed E-state index contributed by atoms with van der Waals surface area (Å²) in [5.74, 6) is -3.38. The molecule has 0 spiro atoms. The number of fused-ring (bicyclic) bond motifs is 1. The highest BCUT2D eigenvalue weighted by atomic mass is 35.5. The molecule has 3 rings (SSSR count). The number of ketones is 1. The summed E-state index contributed by atoms with van der Waals surface area (Å²) in [5, 5.41) is 3.79. The molecule has 3 aromatic heterocycles. The quantitative estimate of drug-likeness (QED) is 0.652. The third-order valence-corrected chi connectivity index (χ3v) is 4.21. The molecule has 6 nitrogen and oxygen atoms in total. The Labute approximate surface area is 152 Å². The molecule has 0 N–H and O–H groups in total.